The van der Waals surface area contributed by atoms with Crippen molar-refractivity contribution in [2.24, 2.45) is 17.8 Å². The Morgan fingerprint density at radius 1 is 1.09 bits per heavy atom. The number of para-hydroxylation sites is 1. The maximum atomic E-state index is 14.8. The predicted molar refractivity (Wildman–Crippen MR) is 203 cm³/mol. The van der Waals surface area contributed by atoms with E-state index in [0.29, 0.717) is 36.8 Å². The summed E-state index contributed by atoms with van der Waals surface area (Å²) in [5.74, 6) is -1.88. The number of imidazole rings is 1. The van der Waals surface area contributed by atoms with Crippen molar-refractivity contribution < 1.29 is 37.1 Å². The minimum Gasteiger partial charge on any atom is -0.472 e. The van der Waals surface area contributed by atoms with E-state index in [1.165, 1.54) is 4.90 Å². The first kappa shape index (κ1) is 38.5. The van der Waals surface area contributed by atoms with E-state index >= 15 is 0 Å². The summed E-state index contributed by atoms with van der Waals surface area (Å²) in [5.41, 5.74) is -1.55. The van der Waals surface area contributed by atoms with Crippen molar-refractivity contribution in [1.29, 1.82) is 0 Å². The molecule has 1 aromatic carbocycles. The molecule has 16 heteroatoms. The van der Waals surface area contributed by atoms with Gasteiger partial charge in [0.05, 0.1) is 22.2 Å². The maximum absolute atomic E-state index is 14.8. The van der Waals surface area contributed by atoms with Crippen LogP contribution in [0.25, 0.3) is 16.7 Å². The van der Waals surface area contributed by atoms with Gasteiger partial charge in [0.15, 0.2) is 0 Å². The van der Waals surface area contributed by atoms with Crippen molar-refractivity contribution >= 4 is 50.5 Å². The summed E-state index contributed by atoms with van der Waals surface area (Å²) in [7, 11) is -4.00. The van der Waals surface area contributed by atoms with Gasteiger partial charge in [-0.15, -0.1) is 0 Å². The molecule has 2 aromatic heterocycles. The standard InChI is InChI=1S/C39H51N7O8S/c1-23-11-7-8-12-25-21-39(25,34(49)44-55(51,52)38(6)15-16-38)43-31(47)29-20-26(53-32-27-13-9-10-14-28(27)45-18-17-40-35(45)42-32)22-46(29)33(48)30(24(2)19-23)41-36(50)54-37(3,4)5/h8-10,12-14,17-18,23-26,29-30H,7,11,15-16,19-22H2,1-6H3,(H,41,50)(H,43,47)(H,44,49)/b12-8-/t23-,24+,25+,26+,29-,30-,39+/m0/s1. The number of rotatable bonds is 6. The molecule has 2 saturated carbocycles. The molecule has 4 amide bonds. The Morgan fingerprint density at radius 3 is 2.56 bits per heavy atom. The monoisotopic (exact) mass is 777 g/mol. The molecule has 296 valence electrons. The molecule has 3 N–H and O–H groups in total. The second kappa shape index (κ2) is 14.1. The van der Waals surface area contributed by atoms with Crippen LogP contribution >= 0.6 is 0 Å². The number of sulfonamides is 1. The maximum Gasteiger partial charge on any atom is 0.408 e. The fraction of sp³-hybridized carbons (Fsp3) is 0.590. The SMILES string of the molecule is C[C@H]1CC/C=C\[C@@H]2C[C@@]2(C(=O)NS(=O)(=O)C2(C)CC2)NC(=O)[C@@H]2C[C@@H](Oc3nc4nccn4c4ccccc34)CN2C(=O)[C@@H](NC(=O)OC(C)(C)C)[C@H](C)C1. The quantitative estimate of drug-likeness (QED) is 0.309. The van der Waals surface area contributed by atoms with E-state index in [9.17, 15) is 27.6 Å². The van der Waals surface area contributed by atoms with Gasteiger partial charge in [-0.05, 0) is 90.2 Å². The lowest BCUT2D eigenvalue weighted by atomic mass is 9.88. The van der Waals surface area contributed by atoms with Crippen LogP contribution in [0.5, 0.6) is 5.88 Å². The third kappa shape index (κ3) is 7.74. The van der Waals surface area contributed by atoms with E-state index in [1.807, 2.05) is 47.7 Å². The molecule has 0 unspecified atom stereocenters. The molecule has 4 aliphatic rings. The van der Waals surface area contributed by atoms with Crippen molar-refractivity contribution in [2.45, 2.75) is 121 Å². The number of benzene rings is 1. The largest absolute Gasteiger partial charge is 0.472 e. The van der Waals surface area contributed by atoms with Gasteiger partial charge in [0.25, 0.3) is 5.91 Å². The first-order valence-corrected chi connectivity index (χ1v) is 20.6. The molecule has 0 spiro atoms. The molecule has 3 aromatic rings. The zero-order chi connectivity index (χ0) is 39.5. The highest BCUT2D eigenvalue weighted by atomic mass is 32.2. The molecule has 0 radical (unpaired) electrons. The Labute approximate surface area is 321 Å². The van der Waals surface area contributed by atoms with Crippen molar-refractivity contribution in [3.63, 3.8) is 0 Å². The zero-order valence-electron chi connectivity index (χ0n) is 32.2. The summed E-state index contributed by atoms with van der Waals surface area (Å²) < 4.78 is 41.6. The van der Waals surface area contributed by atoms with Crippen molar-refractivity contribution in [3.8, 4) is 5.88 Å². The number of aromatic nitrogens is 3. The fourth-order valence-corrected chi connectivity index (χ4v) is 9.17. The van der Waals surface area contributed by atoms with Gasteiger partial charge in [-0.25, -0.2) is 18.2 Å². The summed E-state index contributed by atoms with van der Waals surface area (Å²) in [6, 6.07) is 5.35. The smallest absolute Gasteiger partial charge is 0.408 e. The Bertz CT molecular complexity index is 2160. The number of ether oxygens (including phenoxy) is 2. The highest BCUT2D eigenvalue weighted by Crippen LogP contribution is 2.47. The number of alkyl carbamates (subject to hydrolysis) is 1. The van der Waals surface area contributed by atoms with Crippen LogP contribution in [-0.2, 0) is 29.1 Å². The molecule has 7 rings (SSSR count). The number of fused-ring (bicyclic) bond motifs is 5. The van der Waals surface area contributed by atoms with E-state index in [4.69, 9.17) is 9.47 Å². The second-order valence-corrected chi connectivity index (χ2v) is 19.3. The number of carbonyl (C=O) groups is 4. The number of nitrogens with one attached hydrogen (secondary N) is 3. The minimum atomic E-state index is -4.00. The fourth-order valence-electron chi connectivity index (χ4n) is 7.86. The first-order chi connectivity index (χ1) is 25.9. The van der Waals surface area contributed by atoms with Gasteiger partial charge in [0.2, 0.25) is 33.5 Å². The van der Waals surface area contributed by atoms with Crippen LogP contribution in [0.4, 0.5) is 4.79 Å². The third-order valence-electron chi connectivity index (χ3n) is 11.4. The van der Waals surface area contributed by atoms with E-state index in [0.717, 1.165) is 11.9 Å². The van der Waals surface area contributed by atoms with Crippen molar-refractivity contribution in [2.75, 3.05) is 6.54 Å². The minimum absolute atomic E-state index is 0.0312. The molecule has 2 aliphatic carbocycles. The number of carbonyl (C=O) groups excluding carboxylic acids is 4. The number of hydrogen-bond acceptors (Lipinski definition) is 10. The van der Waals surface area contributed by atoms with Gasteiger partial charge in [-0.1, -0.05) is 38.1 Å². The average molecular weight is 778 g/mol. The van der Waals surface area contributed by atoms with Crippen LogP contribution in [-0.4, -0.2) is 92.1 Å². The number of amides is 4. The predicted octanol–water partition coefficient (Wildman–Crippen LogP) is 4.01. The number of nitrogens with zero attached hydrogens (tertiary/aromatic N) is 4. The molecule has 4 heterocycles. The van der Waals surface area contributed by atoms with Crippen molar-refractivity contribution in [1.82, 2.24) is 34.6 Å². The summed E-state index contributed by atoms with van der Waals surface area (Å²) >= 11 is 0. The van der Waals surface area contributed by atoms with E-state index in [2.05, 4.69) is 32.2 Å². The summed E-state index contributed by atoms with van der Waals surface area (Å²) in [4.78, 5) is 66.9. The Kier molecular flexibility index (Phi) is 9.87. The van der Waals surface area contributed by atoms with Gasteiger partial charge in [0, 0.05) is 24.7 Å². The highest BCUT2D eigenvalue weighted by Gasteiger charge is 2.63. The summed E-state index contributed by atoms with van der Waals surface area (Å²) in [6.07, 6.45) is 8.93. The number of hydrogen-bond donors (Lipinski definition) is 3. The van der Waals surface area contributed by atoms with Crippen LogP contribution in [0.1, 0.15) is 86.5 Å². The Morgan fingerprint density at radius 2 is 1.84 bits per heavy atom. The Balaban J connectivity index is 1.24. The Hall–Kier alpha value is -4.73. The van der Waals surface area contributed by atoms with Crippen LogP contribution in [0.15, 0.2) is 48.8 Å². The topological polar surface area (TPSA) is 190 Å². The molecular formula is C39H51N7O8S. The average Bonchev–Trinajstić information content (AvgIpc) is 3.89. The van der Waals surface area contributed by atoms with Crippen molar-refractivity contribution in [3.05, 3.63) is 48.8 Å². The van der Waals surface area contributed by atoms with E-state index in [1.54, 1.807) is 40.1 Å². The number of allylic oxidation sites excluding steroid dienone is 1. The summed E-state index contributed by atoms with van der Waals surface area (Å²) in [5, 5.41) is 6.43. The van der Waals surface area contributed by atoms with Gasteiger partial charge >= 0.3 is 6.09 Å². The van der Waals surface area contributed by atoms with Crippen LogP contribution in [0, 0.1) is 17.8 Å². The molecule has 7 atom stereocenters. The van der Waals surface area contributed by atoms with Gasteiger partial charge in [-0.3, -0.25) is 23.5 Å². The third-order valence-corrected chi connectivity index (χ3v) is 13.6. The molecule has 0 bridgehead atoms. The van der Waals surface area contributed by atoms with Crippen LogP contribution in [0.3, 0.4) is 0 Å². The van der Waals surface area contributed by atoms with Gasteiger partial charge < -0.3 is 25.0 Å². The second-order valence-electron chi connectivity index (χ2n) is 17.1. The van der Waals surface area contributed by atoms with E-state index < -0.39 is 73.8 Å². The lowest BCUT2D eigenvalue weighted by Gasteiger charge is -2.33. The lowest BCUT2D eigenvalue weighted by molar-refractivity contribution is -0.142. The molecule has 55 heavy (non-hydrogen) atoms. The van der Waals surface area contributed by atoms with Crippen LogP contribution in [0.2, 0.25) is 0 Å². The first-order valence-electron chi connectivity index (χ1n) is 19.1. The van der Waals surface area contributed by atoms with Gasteiger partial charge in [0.1, 0.15) is 29.3 Å². The molecule has 3 fully saturated rings. The van der Waals surface area contributed by atoms with Gasteiger partial charge in [-0.2, -0.15) is 4.98 Å². The van der Waals surface area contributed by atoms with E-state index in [-0.39, 0.29) is 37.1 Å². The summed E-state index contributed by atoms with van der Waals surface area (Å²) in [6.45, 7) is 10.7. The highest BCUT2D eigenvalue weighted by molar-refractivity contribution is 7.91. The molecule has 15 nitrogen and oxygen atoms in total. The van der Waals surface area contributed by atoms with Crippen LogP contribution < -0.4 is 20.1 Å². The lowest BCUT2D eigenvalue weighted by Crippen LogP contribution is -2.59. The molecule has 2 aliphatic heterocycles. The molecular weight excluding hydrogens is 727 g/mol. The zero-order valence-corrected chi connectivity index (χ0v) is 33.0. The normalized spacial score (nSPS) is 30.3. The molecule has 1 saturated heterocycles.